The van der Waals surface area contributed by atoms with Crippen molar-refractivity contribution in [2.75, 3.05) is 0 Å². The molecule has 1 aliphatic rings. The van der Waals surface area contributed by atoms with Gasteiger partial charge in [0, 0.05) is 6.54 Å². The molecular weight excluding hydrogens is 274 g/mol. The predicted molar refractivity (Wildman–Crippen MR) is 59.6 cm³/mol. The van der Waals surface area contributed by atoms with Crippen molar-refractivity contribution in [3.63, 3.8) is 0 Å². The Bertz CT molecular complexity index is 520. The van der Waals surface area contributed by atoms with Crippen LogP contribution >= 0.6 is 15.9 Å². The molecule has 0 amide bonds. The third-order valence-electron chi connectivity index (χ3n) is 2.64. The van der Waals surface area contributed by atoms with Crippen LogP contribution in [-0.4, -0.2) is 19.9 Å². The summed E-state index contributed by atoms with van der Waals surface area (Å²) >= 11 is 3.23. The molecule has 0 spiro atoms. The Morgan fingerprint density at radius 1 is 1.50 bits per heavy atom. The number of aliphatic hydroxyl groups is 1. The van der Waals surface area contributed by atoms with Gasteiger partial charge in [-0.25, -0.2) is 9.67 Å². The highest BCUT2D eigenvalue weighted by molar-refractivity contribution is 9.10. The molecule has 16 heavy (non-hydrogen) atoms. The number of hydrogen-bond acceptors (Lipinski definition) is 4. The summed E-state index contributed by atoms with van der Waals surface area (Å²) in [5.41, 5.74) is 0. The lowest BCUT2D eigenvalue weighted by molar-refractivity contribution is 0.130. The Labute approximate surface area is 100 Å². The lowest BCUT2D eigenvalue weighted by Gasteiger charge is -2.16. The minimum Gasteiger partial charge on any atom is -0.446 e. The van der Waals surface area contributed by atoms with Crippen molar-refractivity contribution in [1.82, 2.24) is 14.8 Å². The summed E-state index contributed by atoms with van der Waals surface area (Å²) in [5, 5.41) is 14.1. The molecular formula is C10H10BrN3O2. The quantitative estimate of drug-likeness (QED) is 0.871. The van der Waals surface area contributed by atoms with Gasteiger partial charge in [0.2, 0.25) is 5.82 Å². The lowest BCUT2D eigenvalue weighted by atomic mass is 10.1. The molecule has 3 rings (SSSR count). The van der Waals surface area contributed by atoms with Crippen LogP contribution in [-0.2, 0) is 6.54 Å². The van der Waals surface area contributed by atoms with Crippen molar-refractivity contribution in [2.45, 2.75) is 25.5 Å². The van der Waals surface area contributed by atoms with Crippen LogP contribution in [0.2, 0.25) is 0 Å². The van der Waals surface area contributed by atoms with E-state index in [1.165, 1.54) is 0 Å². The lowest BCUT2D eigenvalue weighted by Crippen LogP contribution is -2.16. The van der Waals surface area contributed by atoms with Crippen LogP contribution in [0.15, 0.2) is 21.2 Å². The molecule has 1 unspecified atom stereocenters. The second-order valence-electron chi connectivity index (χ2n) is 3.78. The molecule has 5 nitrogen and oxygen atoms in total. The zero-order chi connectivity index (χ0) is 11.1. The Kier molecular flexibility index (Phi) is 2.33. The van der Waals surface area contributed by atoms with Gasteiger partial charge in [0.1, 0.15) is 6.10 Å². The number of furan rings is 1. The number of aryl methyl sites for hydroxylation is 1. The molecule has 0 radical (unpaired) electrons. The maximum Gasteiger partial charge on any atom is 0.217 e. The first-order valence-corrected chi connectivity index (χ1v) is 5.92. The topological polar surface area (TPSA) is 64.1 Å². The van der Waals surface area contributed by atoms with Crippen LogP contribution in [0.4, 0.5) is 0 Å². The molecule has 0 bridgehead atoms. The van der Waals surface area contributed by atoms with Gasteiger partial charge in [0.15, 0.2) is 16.3 Å². The minimum atomic E-state index is -0.506. The van der Waals surface area contributed by atoms with Gasteiger partial charge in [-0.15, -0.1) is 5.10 Å². The zero-order valence-corrected chi connectivity index (χ0v) is 10.0. The number of rotatable bonds is 1. The predicted octanol–water partition coefficient (Wildman–Crippen LogP) is 2.13. The van der Waals surface area contributed by atoms with Gasteiger partial charge < -0.3 is 9.52 Å². The molecule has 1 N–H and O–H groups in total. The molecule has 3 heterocycles. The normalized spacial score (nSPS) is 19.8. The molecule has 0 saturated carbocycles. The fourth-order valence-electron chi connectivity index (χ4n) is 1.87. The van der Waals surface area contributed by atoms with Crippen LogP contribution < -0.4 is 0 Å². The van der Waals surface area contributed by atoms with E-state index in [1.54, 1.807) is 16.8 Å². The molecule has 84 valence electrons. The number of halogens is 1. The molecule has 1 atom stereocenters. The highest BCUT2D eigenvalue weighted by atomic mass is 79.9. The molecule has 0 aliphatic carbocycles. The number of aromatic nitrogens is 3. The van der Waals surface area contributed by atoms with Crippen LogP contribution in [0.1, 0.15) is 24.8 Å². The molecule has 0 fully saturated rings. The van der Waals surface area contributed by atoms with Crippen molar-refractivity contribution < 1.29 is 9.52 Å². The third kappa shape index (κ3) is 1.58. The first kappa shape index (κ1) is 10.0. The average molecular weight is 284 g/mol. The first-order valence-electron chi connectivity index (χ1n) is 5.12. The van der Waals surface area contributed by atoms with Gasteiger partial charge in [-0.05, 0) is 40.9 Å². The van der Waals surface area contributed by atoms with Gasteiger partial charge in [0.25, 0.3) is 0 Å². The fourth-order valence-corrected chi connectivity index (χ4v) is 2.17. The van der Waals surface area contributed by atoms with Crippen molar-refractivity contribution in [1.29, 1.82) is 0 Å². The number of aliphatic hydroxyl groups excluding tert-OH is 1. The maximum absolute atomic E-state index is 9.76. The number of fused-ring (bicyclic) bond motifs is 1. The van der Waals surface area contributed by atoms with E-state index in [0.29, 0.717) is 22.1 Å². The van der Waals surface area contributed by atoms with Gasteiger partial charge in [-0.2, -0.15) is 0 Å². The Morgan fingerprint density at radius 2 is 2.38 bits per heavy atom. The standard InChI is InChI=1S/C10H10BrN3O2/c11-8-4-3-7(16-8)9-12-10-6(15)2-1-5-14(10)13-9/h3-4,6,15H,1-2,5H2. The van der Waals surface area contributed by atoms with E-state index < -0.39 is 6.10 Å². The average Bonchev–Trinajstić information content (AvgIpc) is 2.84. The Morgan fingerprint density at radius 3 is 3.06 bits per heavy atom. The van der Waals surface area contributed by atoms with E-state index in [1.807, 2.05) is 0 Å². The van der Waals surface area contributed by atoms with Crippen LogP contribution in [0.3, 0.4) is 0 Å². The van der Waals surface area contributed by atoms with Gasteiger partial charge in [0.05, 0.1) is 0 Å². The number of nitrogens with zero attached hydrogens (tertiary/aromatic N) is 3. The summed E-state index contributed by atoms with van der Waals surface area (Å²) < 4.78 is 7.78. The summed E-state index contributed by atoms with van der Waals surface area (Å²) in [7, 11) is 0. The smallest absolute Gasteiger partial charge is 0.217 e. The third-order valence-corrected chi connectivity index (χ3v) is 3.07. The second-order valence-corrected chi connectivity index (χ2v) is 4.56. The van der Waals surface area contributed by atoms with Gasteiger partial charge in [-0.3, -0.25) is 0 Å². The van der Waals surface area contributed by atoms with Crippen LogP contribution in [0.25, 0.3) is 11.6 Å². The molecule has 0 aromatic carbocycles. The Balaban J connectivity index is 2.04. The van der Waals surface area contributed by atoms with E-state index in [0.717, 1.165) is 19.4 Å². The second kappa shape index (κ2) is 3.71. The van der Waals surface area contributed by atoms with Crippen molar-refractivity contribution in [2.24, 2.45) is 0 Å². The molecule has 2 aromatic rings. The molecule has 6 heteroatoms. The van der Waals surface area contributed by atoms with E-state index >= 15 is 0 Å². The summed E-state index contributed by atoms with van der Waals surface area (Å²) in [5.74, 6) is 1.77. The molecule has 2 aromatic heterocycles. The largest absolute Gasteiger partial charge is 0.446 e. The maximum atomic E-state index is 9.76. The number of hydrogen-bond donors (Lipinski definition) is 1. The summed E-state index contributed by atoms with van der Waals surface area (Å²) in [6, 6.07) is 3.60. The van der Waals surface area contributed by atoms with Crippen LogP contribution in [0, 0.1) is 0 Å². The molecule has 1 aliphatic heterocycles. The van der Waals surface area contributed by atoms with Crippen LogP contribution in [0.5, 0.6) is 0 Å². The van der Waals surface area contributed by atoms with Gasteiger partial charge in [-0.1, -0.05) is 0 Å². The van der Waals surface area contributed by atoms with E-state index in [-0.39, 0.29) is 0 Å². The summed E-state index contributed by atoms with van der Waals surface area (Å²) in [6.07, 6.45) is 1.17. The highest BCUT2D eigenvalue weighted by Gasteiger charge is 2.23. The summed E-state index contributed by atoms with van der Waals surface area (Å²) in [6.45, 7) is 0.807. The van der Waals surface area contributed by atoms with Crippen molar-refractivity contribution in [3.05, 3.63) is 22.6 Å². The highest BCUT2D eigenvalue weighted by Crippen LogP contribution is 2.27. The monoisotopic (exact) mass is 283 g/mol. The molecule has 0 saturated heterocycles. The van der Waals surface area contributed by atoms with Crippen molar-refractivity contribution in [3.8, 4) is 11.6 Å². The van der Waals surface area contributed by atoms with Gasteiger partial charge >= 0.3 is 0 Å². The van der Waals surface area contributed by atoms with E-state index in [4.69, 9.17) is 4.42 Å². The fraction of sp³-hybridized carbons (Fsp3) is 0.400. The first-order chi connectivity index (χ1) is 7.74. The zero-order valence-electron chi connectivity index (χ0n) is 8.43. The SMILES string of the molecule is OC1CCCn2nc(-c3ccc(Br)o3)nc21. The minimum absolute atomic E-state index is 0.506. The van der Waals surface area contributed by atoms with E-state index in [9.17, 15) is 5.11 Å². The Hall–Kier alpha value is -1.14. The van der Waals surface area contributed by atoms with Crippen molar-refractivity contribution >= 4 is 15.9 Å². The summed E-state index contributed by atoms with van der Waals surface area (Å²) in [4.78, 5) is 4.30. The van der Waals surface area contributed by atoms with E-state index in [2.05, 4.69) is 26.0 Å².